The highest BCUT2D eigenvalue weighted by atomic mass is 35.5. The number of rotatable bonds is 5. The summed E-state index contributed by atoms with van der Waals surface area (Å²) in [5, 5.41) is 8.12. The van der Waals surface area contributed by atoms with Crippen LogP contribution in [-0.2, 0) is 26.6 Å². The van der Waals surface area contributed by atoms with E-state index in [1.54, 1.807) is 10.7 Å². The molecule has 0 aliphatic heterocycles. The van der Waals surface area contributed by atoms with E-state index in [4.69, 9.17) is 11.6 Å². The van der Waals surface area contributed by atoms with E-state index in [0.717, 1.165) is 23.9 Å². The van der Waals surface area contributed by atoms with Crippen molar-refractivity contribution in [3.8, 4) is 0 Å². The van der Waals surface area contributed by atoms with Crippen molar-refractivity contribution in [3.05, 3.63) is 51.8 Å². The third kappa shape index (κ3) is 3.16. The van der Waals surface area contributed by atoms with Crippen LogP contribution in [0.4, 0.5) is 8.78 Å². The van der Waals surface area contributed by atoms with Gasteiger partial charge in [-0.1, -0.05) is 24.6 Å². The monoisotopic (exact) mass is 299 g/mol. The Morgan fingerprint density at radius 3 is 2.60 bits per heavy atom. The third-order valence-corrected chi connectivity index (χ3v) is 3.54. The van der Waals surface area contributed by atoms with Gasteiger partial charge in [0.25, 0.3) is 0 Å². The van der Waals surface area contributed by atoms with E-state index in [2.05, 4.69) is 10.4 Å². The second-order valence-electron chi connectivity index (χ2n) is 4.54. The molecular weight excluding hydrogens is 284 g/mol. The summed E-state index contributed by atoms with van der Waals surface area (Å²) in [5.74, 6) is -1.67. The van der Waals surface area contributed by atoms with Crippen LogP contribution in [-0.4, -0.2) is 9.78 Å². The fourth-order valence-electron chi connectivity index (χ4n) is 1.99. The Morgan fingerprint density at radius 1 is 1.25 bits per heavy atom. The number of hydrogen-bond acceptors (Lipinski definition) is 2. The second-order valence-corrected chi connectivity index (χ2v) is 4.91. The van der Waals surface area contributed by atoms with Crippen LogP contribution in [0.1, 0.15) is 23.9 Å². The summed E-state index contributed by atoms with van der Waals surface area (Å²) in [5.41, 5.74) is 2.42. The first-order valence-corrected chi connectivity index (χ1v) is 6.75. The quantitative estimate of drug-likeness (QED) is 0.919. The van der Waals surface area contributed by atoms with Gasteiger partial charge >= 0.3 is 0 Å². The zero-order chi connectivity index (χ0) is 14.7. The maximum Gasteiger partial charge on any atom is 0.159 e. The van der Waals surface area contributed by atoms with Crippen LogP contribution in [0.5, 0.6) is 0 Å². The lowest BCUT2D eigenvalue weighted by atomic mass is 10.2. The molecule has 2 aromatic rings. The van der Waals surface area contributed by atoms with E-state index >= 15 is 0 Å². The maximum atomic E-state index is 13.1. The molecule has 1 heterocycles. The minimum Gasteiger partial charge on any atom is -0.307 e. The van der Waals surface area contributed by atoms with Crippen molar-refractivity contribution >= 4 is 11.6 Å². The Balaban J connectivity index is 1.99. The van der Waals surface area contributed by atoms with Crippen LogP contribution in [0, 0.1) is 11.6 Å². The molecule has 108 valence electrons. The van der Waals surface area contributed by atoms with E-state index in [1.807, 2.05) is 14.0 Å². The lowest BCUT2D eigenvalue weighted by Crippen LogP contribution is -2.15. The largest absolute Gasteiger partial charge is 0.307 e. The molecule has 0 fully saturated rings. The van der Waals surface area contributed by atoms with E-state index in [1.165, 1.54) is 6.07 Å². The number of nitrogens with one attached hydrogen (secondary N) is 1. The van der Waals surface area contributed by atoms with E-state index in [9.17, 15) is 8.78 Å². The van der Waals surface area contributed by atoms with Gasteiger partial charge in [-0.3, -0.25) is 4.68 Å². The fraction of sp³-hybridized carbons (Fsp3) is 0.357. The van der Waals surface area contributed by atoms with Gasteiger partial charge in [0.05, 0.1) is 16.4 Å². The average molecular weight is 300 g/mol. The molecule has 0 amide bonds. The molecule has 1 aromatic carbocycles. The zero-order valence-corrected chi connectivity index (χ0v) is 12.1. The van der Waals surface area contributed by atoms with Gasteiger partial charge in [-0.05, 0) is 24.1 Å². The van der Waals surface area contributed by atoms with Gasteiger partial charge < -0.3 is 5.32 Å². The number of nitrogens with zero attached hydrogens (tertiary/aromatic N) is 2. The van der Waals surface area contributed by atoms with E-state index in [-0.39, 0.29) is 0 Å². The Labute approximate surface area is 121 Å². The summed E-state index contributed by atoms with van der Waals surface area (Å²) in [6.45, 7) is 2.94. The lowest BCUT2D eigenvalue weighted by Gasteiger charge is -2.06. The van der Waals surface area contributed by atoms with Crippen LogP contribution >= 0.6 is 11.6 Å². The van der Waals surface area contributed by atoms with Crippen molar-refractivity contribution in [1.29, 1.82) is 0 Å². The highest BCUT2D eigenvalue weighted by molar-refractivity contribution is 6.31. The van der Waals surface area contributed by atoms with Crippen LogP contribution in [0.25, 0.3) is 0 Å². The molecule has 0 bridgehead atoms. The average Bonchev–Trinajstić information content (AvgIpc) is 2.70. The maximum absolute atomic E-state index is 13.1. The normalized spacial score (nSPS) is 11.1. The van der Waals surface area contributed by atoms with Crippen molar-refractivity contribution in [2.75, 3.05) is 0 Å². The van der Waals surface area contributed by atoms with Crippen molar-refractivity contribution in [2.24, 2.45) is 7.05 Å². The first kappa shape index (κ1) is 14.9. The van der Waals surface area contributed by atoms with Crippen molar-refractivity contribution in [1.82, 2.24) is 15.1 Å². The summed E-state index contributed by atoms with van der Waals surface area (Å²) < 4.78 is 27.6. The standard InChI is InChI=1S/C14H16ClF2N3/c1-3-12-14(15)13(20(2)19-12)8-18-7-9-4-5-10(16)11(17)6-9/h4-6,18H,3,7-8H2,1-2H3. The minimum atomic E-state index is -0.837. The van der Waals surface area contributed by atoms with E-state index in [0.29, 0.717) is 23.7 Å². The Hall–Kier alpha value is -1.46. The molecule has 1 N–H and O–H groups in total. The third-order valence-electron chi connectivity index (χ3n) is 3.11. The van der Waals surface area contributed by atoms with Crippen LogP contribution in [0.15, 0.2) is 18.2 Å². The summed E-state index contributed by atoms with van der Waals surface area (Å²) in [6, 6.07) is 3.86. The first-order valence-electron chi connectivity index (χ1n) is 6.37. The highest BCUT2D eigenvalue weighted by Crippen LogP contribution is 2.20. The Bertz CT molecular complexity index is 611. The van der Waals surface area contributed by atoms with Gasteiger partial charge in [0, 0.05) is 20.1 Å². The van der Waals surface area contributed by atoms with Crippen molar-refractivity contribution < 1.29 is 8.78 Å². The Kier molecular flexibility index (Phi) is 4.73. The highest BCUT2D eigenvalue weighted by Gasteiger charge is 2.12. The zero-order valence-electron chi connectivity index (χ0n) is 11.4. The lowest BCUT2D eigenvalue weighted by molar-refractivity contribution is 0.505. The fourth-order valence-corrected chi connectivity index (χ4v) is 2.35. The SMILES string of the molecule is CCc1nn(C)c(CNCc2ccc(F)c(F)c2)c1Cl. The molecule has 0 unspecified atom stereocenters. The smallest absolute Gasteiger partial charge is 0.159 e. The molecule has 0 spiro atoms. The van der Waals surface area contributed by atoms with Gasteiger partial charge in [0.15, 0.2) is 11.6 Å². The summed E-state index contributed by atoms with van der Waals surface area (Å²) in [4.78, 5) is 0. The number of benzene rings is 1. The second kappa shape index (κ2) is 6.33. The summed E-state index contributed by atoms with van der Waals surface area (Å²) in [6.07, 6.45) is 0.774. The molecule has 0 aliphatic rings. The molecule has 2 rings (SSSR count). The molecule has 6 heteroatoms. The Morgan fingerprint density at radius 2 is 2.00 bits per heavy atom. The molecule has 0 radical (unpaired) electrons. The minimum absolute atomic E-state index is 0.431. The van der Waals surface area contributed by atoms with Crippen molar-refractivity contribution in [2.45, 2.75) is 26.4 Å². The van der Waals surface area contributed by atoms with Gasteiger partial charge in [-0.15, -0.1) is 0 Å². The predicted octanol–water partition coefficient (Wildman–Crippen LogP) is 3.20. The van der Waals surface area contributed by atoms with Gasteiger partial charge in [0.1, 0.15) is 0 Å². The number of aromatic nitrogens is 2. The number of hydrogen-bond donors (Lipinski definition) is 1. The molecule has 0 atom stereocenters. The molecular formula is C14H16ClF2N3. The van der Waals surface area contributed by atoms with Gasteiger partial charge in [0.2, 0.25) is 0 Å². The van der Waals surface area contributed by atoms with Crippen LogP contribution in [0.2, 0.25) is 5.02 Å². The topological polar surface area (TPSA) is 29.9 Å². The molecule has 0 aliphatic carbocycles. The summed E-state index contributed by atoms with van der Waals surface area (Å²) in [7, 11) is 1.83. The number of aryl methyl sites for hydroxylation is 2. The molecule has 20 heavy (non-hydrogen) atoms. The predicted molar refractivity (Wildman–Crippen MR) is 74.5 cm³/mol. The van der Waals surface area contributed by atoms with Crippen LogP contribution < -0.4 is 5.32 Å². The molecule has 0 saturated carbocycles. The molecule has 0 saturated heterocycles. The van der Waals surface area contributed by atoms with Crippen LogP contribution in [0.3, 0.4) is 0 Å². The van der Waals surface area contributed by atoms with Gasteiger partial charge in [-0.25, -0.2) is 8.78 Å². The number of halogens is 3. The van der Waals surface area contributed by atoms with Gasteiger partial charge in [-0.2, -0.15) is 5.10 Å². The van der Waals surface area contributed by atoms with Crippen molar-refractivity contribution in [3.63, 3.8) is 0 Å². The first-order chi connectivity index (χ1) is 9.52. The summed E-state index contributed by atoms with van der Waals surface area (Å²) >= 11 is 6.22. The van der Waals surface area contributed by atoms with E-state index < -0.39 is 11.6 Å². The molecule has 3 nitrogen and oxygen atoms in total. The molecule has 1 aromatic heterocycles.